The van der Waals surface area contributed by atoms with E-state index in [2.05, 4.69) is 31.1 Å². The van der Waals surface area contributed by atoms with Crippen molar-refractivity contribution in [3.8, 4) is 0 Å². The Kier molecular flexibility index (Phi) is 6.74. The highest BCUT2D eigenvalue weighted by Crippen LogP contribution is 2.44. The number of oxazole rings is 1. The van der Waals surface area contributed by atoms with Gasteiger partial charge in [0.15, 0.2) is 18.6 Å². The molecule has 180 valence electrons. The number of aromatic nitrogens is 1. The van der Waals surface area contributed by atoms with E-state index in [1.165, 1.54) is 17.7 Å². The molecule has 1 amide bonds. The molecule has 0 fully saturated rings. The molecule has 34 heavy (non-hydrogen) atoms. The van der Waals surface area contributed by atoms with Gasteiger partial charge in [-0.2, -0.15) is 0 Å². The summed E-state index contributed by atoms with van der Waals surface area (Å²) in [5, 5.41) is 3.21. The monoisotopic (exact) mass is 484 g/mol. The second kappa shape index (κ2) is 9.58. The number of para-hydroxylation sites is 1. The van der Waals surface area contributed by atoms with E-state index >= 15 is 0 Å². The quantitative estimate of drug-likeness (QED) is 0.490. The van der Waals surface area contributed by atoms with Crippen molar-refractivity contribution in [2.45, 2.75) is 47.0 Å². The van der Waals surface area contributed by atoms with Gasteiger partial charge in [-0.25, -0.2) is 14.6 Å². The summed E-state index contributed by atoms with van der Waals surface area (Å²) in [7, 11) is 0. The first kappa shape index (κ1) is 23.9. The molecule has 9 heteroatoms. The molecule has 1 aliphatic rings. The number of carbonyl (C=O) groups excluding carboxylic acids is 3. The highest BCUT2D eigenvalue weighted by Gasteiger charge is 2.34. The first-order valence-corrected chi connectivity index (χ1v) is 12.1. The van der Waals surface area contributed by atoms with Crippen molar-refractivity contribution in [3.05, 3.63) is 46.2 Å². The standard InChI is InChI=1S/C25H28N2O6S/c1-5-31-24(30)20-15-10-9-14(25(2,3)4)11-18(15)34-22(20)27-19(28)12-32-23(29)16-7-6-8-17-21(16)26-13-33-17/h6-8,13-14H,5,9-12H2,1-4H3,(H,27,28). The Morgan fingerprint density at radius 2 is 2.00 bits per heavy atom. The molecule has 3 aromatic rings. The van der Waals surface area contributed by atoms with Crippen LogP contribution in [-0.2, 0) is 27.1 Å². The summed E-state index contributed by atoms with van der Waals surface area (Å²) in [5.41, 5.74) is 2.56. The van der Waals surface area contributed by atoms with Crippen LogP contribution in [0.1, 0.15) is 65.3 Å². The SMILES string of the molecule is CCOC(=O)c1c(NC(=O)COC(=O)c2cccc3ocnc23)sc2c1CCC(C(C)(C)C)C2. The minimum Gasteiger partial charge on any atom is -0.462 e. The number of carbonyl (C=O) groups is 3. The highest BCUT2D eigenvalue weighted by atomic mass is 32.1. The molecule has 8 nitrogen and oxygen atoms in total. The van der Waals surface area contributed by atoms with Gasteiger partial charge in [0, 0.05) is 4.88 Å². The number of amides is 1. The van der Waals surface area contributed by atoms with E-state index in [1.807, 2.05) is 0 Å². The van der Waals surface area contributed by atoms with Crippen LogP contribution in [0.4, 0.5) is 5.00 Å². The van der Waals surface area contributed by atoms with Crippen LogP contribution in [0, 0.1) is 11.3 Å². The Morgan fingerprint density at radius 3 is 2.74 bits per heavy atom. The molecule has 1 aromatic carbocycles. The molecule has 0 spiro atoms. The van der Waals surface area contributed by atoms with E-state index in [4.69, 9.17) is 13.9 Å². The molecule has 0 saturated carbocycles. The average Bonchev–Trinajstić information content (AvgIpc) is 3.40. The van der Waals surface area contributed by atoms with Crippen LogP contribution in [0.15, 0.2) is 29.0 Å². The van der Waals surface area contributed by atoms with E-state index in [-0.39, 0.29) is 17.6 Å². The molecule has 1 N–H and O–H groups in total. The third-order valence-electron chi connectivity index (χ3n) is 6.14. The van der Waals surface area contributed by atoms with Crippen molar-refractivity contribution < 1.29 is 28.3 Å². The van der Waals surface area contributed by atoms with Crippen LogP contribution in [0.5, 0.6) is 0 Å². The Morgan fingerprint density at radius 1 is 1.21 bits per heavy atom. The number of thiophene rings is 1. The van der Waals surface area contributed by atoms with Gasteiger partial charge >= 0.3 is 11.9 Å². The highest BCUT2D eigenvalue weighted by molar-refractivity contribution is 7.17. The molecule has 0 aliphatic heterocycles. The molecule has 1 aliphatic carbocycles. The third-order valence-corrected chi connectivity index (χ3v) is 7.31. The molecular weight excluding hydrogens is 456 g/mol. The minimum atomic E-state index is -0.682. The summed E-state index contributed by atoms with van der Waals surface area (Å²) >= 11 is 1.40. The van der Waals surface area contributed by atoms with Crippen LogP contribution in [0.25, 0.3) is 11.1 Å². The van der Waals surface area contributed by atoms with Gasteiger partial charge in [0.1, 0.15) is 10.5 Å². The van der Waals surface area contributed by atoms with E-state index in [9.17, 15) is 14.4 Å². The topological polar surface area (TPSA) is 108 Å². The fourth-order valence-corrected chi connectivity index (χ4v) is 5.59. The first-order valence-electron chi connectivity index (χ1n) is 11.3. The normalized spacial score (nSPS) is 15.6. The molecule has 2 aromatic heterocycles. The molecule has 0 saturated heterocycles. The summed E-state index contributed by atoms with van der Waals surface area (Å²) in [5.74, 6) is -1.17. The summed E-state index contributed by atoms with van der Waals surface area (Å²) < 4.78 is 15.7. The zero-order valence-electron chi connectivity index (χ0n) is 19.7. The summed E-state index contributed by atoms with van der Waals surface area (Å²) in [6, 6.07) is 4.89. The van der Waals surface area contributed by atoms with E-state index in [0.717, 1.165) is 29.7 Å². The van der Waals surface area contributed by atoms with E-state index < -0.39 is 24.5 Å². The van der Waals surface area contributed by atoms with Gasteiger partial charge in [-0.15, -0.1) is 11.3 Å². The second-order valence-electron chi connectivity index (χ2n) is 9.36. The lowest BCUT2D eigenvalue weighted by molar-refractivity contribution is -0.119. The van der Waals surface area contributed by atoms with Crippen molar-refractivity contribution >= 4 is 45.3 Å². The Labute approximate surface area is 201 Å². The lowest BCUT2D eigenvalue weighted by Crippen LogP contribution is -2.26. The predicted octanol–water partition coefficient (Wildman–Crippen LogP) is 5.01. The second-order valence-corrected chi connectivity index (χ2v) is 10.5. The van der Waals surface area contributed by atoms with Crippen LogP contribution < -0.4 is 5.32 Å². The maximum atomic E-state index is 12.7. The van der Waals surface area contributed by atoms with Crippen molar-refractivity contribution in [2.24, 2.45) is 11.3 Å². The number of hydrogen-bond acceptors (Lipinski definition) is 8. The van der Waals surface area contributed by atoms with Crippen molar-refractivity contribution in [3.63, 3.8) is 0 Å². The van der Waals surface area contributed by atoms with E-state index in [1.54, 1.807) is 25.1 Å². The maximum Gasteiger partial charge on any atom is 0.341 e. The van der Waals surface area contributed by atoms with Crippen molar-refractivity contribution in [1.82, 2.24) is 4.98 Å². The lowest BCUT2D eigenvalue weighted by Gasteiger charge is -2.33. The molecule has 1 atom stereocenters. The summed E-state index contributed by atoms with van der Waals surface area (Å²) in [4.78, 5) is 43.0. The minimum absolute atomic E-state index is 0.149. The number of benzene rings is 1. The predicted molar refractivity (Wildman–Crippen MR) is 128 cm³/mol. The number of nitrogens with zero attached hydrogens (tertiary/aromatic N) is 1. The van der Waals surface area contributed by atoms with Gasteiger partial charge in [-0.05, 0) is 55.2 Å². The van der Waals surface area contributed by atoms with Crippen LogP contribution in [-0.4, -0.2) is 36.0 Å². The van der Waals surface area contributed by atoms with Gasteiger partial charge in [0.2, 0.25) is 0 Å². The summed E-state index contributed by atoms with van der Waals surface area (Å²) in [6.45, 7) is 8.16. The number of esters is 2. The smallest absolute Gasteiger partial charge is 0.341 e. The zero-order chi connectivity index (χ0) is 24.5. The molecule has 0 radical (unpaired) electrons. The average molecular weight is 485 g/mol. The van der Waals surface area contributed by atoms with Crippen LogP contribution in [0.3, 0.4) is 0 Å². The van der Waals surface area contributed by atoms with Crippen LogP contribution in [0.2, 0.25) is 0 Å². The van der Waals surface area contributed by atoms with Gasteiger partial charge in [0.25, 0.3) is 5.91 Å². The Hall–Kier alpha value is -3.20. The summed E-state index contributed by atoms with van der Waals surface area (Å²) in [6.07, 6.45) is 3.82. The number of hydrogen-bond donors (Lipinski definition) is 1. The molecule has 1 unspecified atom stereocenters. The molecule has 0 bridgehead atoms. The fourth-order valence-electron chi connectivity index (χ4n) is 4.26. The van der Waals surface area contributed by atoms with Crippen LogP contribution >= 0.6 is 11.3 Å². The van der Waals surface area contributed by atoms with Crippen molar-refractivity contribution in [1.29, 1.82) is 0 Å². The number of fused-ring (bicyclic) bond motifs is 2. The molecular formula is C25H28N2O6S. The fraction of sp³-hybridized carbons (Fsp3) is 0.440. The Balaban J connectivity index is 1.49. The number of rotatable bonds is 6. The number of ether oxygens (including phenoxy) is 2. The third kappa shape index (κ3) is 4.84. The van der Waals surface area contributed by atoms with Gasteiger partial charge in [-0.3, -0.25) is 4.79 Å². The largest absolute Gasteiger partial charge is 0.462 e. The lowest BCUT2D eigenvalue weighted by atomic mass is 9.72. The number of nitrogens with one attached hydrogen (secondary N) is 1. The number of anilines is 1. The van der Waals surface area contributed by atoms with Crippen molar-refractivity contribution in [2.75, 3.05) is 18.5 Å². The maximum absolute atomic E-state index is 12.7. The van der Waals surface area contributed by atoms with Gasteiger partial charge in [-0.1, -0.05) is 26.8 Å². The van der Waals surface area contributed by atoms with E-state index in [0.29, 0.717) is 27.6 Å². The zero-order valence-corrected chi connectivity index (χ0v) is 20.5. The van der Waals surface area contributed by atoms with Gasteiger partial charge in [0.05, 0.1) is 17.7 Å². The first-order chi connectivity index (χ1) is 16.2. The molecule has 2 heterocycles. The van der Waals surface area contributed by atoms with Gasteiger partial charge < -0.3 is 19.2 Å². The Bertz CT molecular complexity index is 1240. The molecule has 4 rings (SSSR count).